The monoisotopic (exact) mass is 354 g/mol. The predicted octanol–water partition coefficient (Wildman–Crippen LogP) is 2.76. The van der Waals surface area contributed by atoms with Crippen LogP contribution in [-0.4, -0.2) is 32.9 Å². The number of nitrogens with one attached hydrogen (secondary N) is 4. The van der Waals surface area contributed by atoms with E-state index in [1.807, 2.05) is 44.2 Å². The summed E-state index contributed by atoms with van der Waals surface area (Å²) in [6.45, 7) is 4.31. The molecule has 0 fully saturated rings. The van der Waals surface area contributed by atoms with Gasteiger partial charge in [-0.25, -0.2) is 9.78 Å². The van der Waals surface area contributed by atoms with Crippen LogP contribution in [0, 0.1) is 0 Å². The van der Waals surface area contributed by atoms with Gasteiger partial charge in [0.25, 0.3) is 0 Å². The number of rotatable bonds is 6. The Hall–Kier alpha value is -3.13. The topological polar surface area (TPSA) is 115 Å². The SMILES string of the molecule is CCNc1n[nH]c2cc(NC(=O)NC(C)c3ccccc3)nc(CO)c12. The van der Waals surface area contributed by atoms with E-state index in [0.717, 1.165) is 10.9 Å². The zero-order chi connectivity index (χ0) is 18.5. The van der Waals surface area contributed by atoms with Crippen molar-refractivity contribution in [1.29, 1.82) is 0 Å². The molecule has 0 radical (unpaired) electrons. The highest BCUT2D eigenvalue weighted by molar-refractivity contribution is 5.96. The molecule has 0 aliphatic heterocycles. The molecule has 136 valence electrons. The largest absolute Gasteiger partial charge is 0.390 e. The number of fused-ring (bicyclic) bond motifs is 1. The normalized spacial score (nSPS) is 12.0. The minimum Gasteiger partial charge on any atom is -0.390 e. The van der Waals surface area contributed by atoms with Crippen LogP contribution in [0.4, 0.5) is 16.4 Å². The highest BCUT2D eigenvalue weighted by atomic mass is 16.3. The number of H-pyrrole nitrogens is 1. The van der Waals surface area contributed by atoms with Crippen molar-refractivity contribution in [2.24, 2.45) is 0 Å². The van der Waals surface area contributed by atoms with Crippen molar-refractivity contribution >= 4 is 28.6 Å². The number of carbonyl (C=O) groups excluding carboxylic acids is 1. The fraction of sp³-hybridized carbons (Fsp3) is 0.278. The van der Waals surface area contributed by atoms with E-state index in [9.17, 15) is 9.90 Å². The molecule has 0 spiro atoms. The maximum Gasteiger partial charge on any atom is 0.320 e. The molecule has 2 aromatic heterocycles. The van der Waals surface area contributed by atoms with Crippen LogP contribution >= 0.6 is 0 Å². The number of pyridine rings is 1. The molecule has 5 N–H and O–H groups in total. The molecule has 0 saturated heterocycles. The third kappa shape index (κ3) is 3.75. The molecule has 1 aromatic carbocycles. The number of aliphatic hydroxyl groups excluding tert-OH is 1. The van der Waals surface area contributed by atoms with Crippen molar-refractivity contribution in [3.8, 4) is 0 Å². The number of urea groups is 1. The zero-order valence-corrected chi connectivity index (χ0v) is 14.7. The fourth-order valence-electron chi connectivity index (χ4n) is 2.77. The first-order chi connectivity index (χ1) is 12.6. The van der Waals surface area contributed by atoms with Crippen LogP contribution in [-0.2, 0) is 6.61 Å². The molecule has 3 rings (SSSR count). The summed E-state index contributed by atoms with van der Waals surface area (Å²) in [6, 6.07) is 10.8. The third-order valence-corrected chi connectivity index (χ3v) is 4.00. The van der Waals surface area contributed by atoms with Gasteiger partial charge in [-0.1, -0.05) is 30.3 Å². The van der Waals surface area contributed by atoms with E-state index >= 15 is 0 Å². The molecular formula is C18H22N6O2. The number of aromatic nitrogens is 3. The Balaban J connectivity index is 1.77. The number of aromatic amines is 1. The lowest BCUT2D eigenvalue weighted by Crippen LogP contribution is -2.31. The van der Waals surface area contributed by atoms with Gasteiger partial charge in [-0.3, -0.25) is 10.4 Å². The second kappa shape index (κ2) is 7.83. The van der Waals surface area contributed by atoms with Crippen LogP contribution < -0.4 is 16.0 Å². The second-order valence-electron chi connectivity index (χ2n) is 5.87. The highest BCUT2D eigenvalue weighted by Gasteiger charge is 2.15. The quantitative estimate of drug-likeness (QED) is 0.467. The van der Waals surface area contributed by atoms with Gasteiger partial charge in [0.1, 0.15) is 5.82 Å². The van der Waals surface area contributed by atoms with Crippen molar-refractivity contribution in [3.63, 3.8) is 0 Å². The Morgan fingerprint density at radius 3 is 2.77 bits per heavy atom. The molecular weight excluding hydrogens is 332 g/mol. The molecule has 8 heteroatoms. The Morgan fingerprint density at radius 2 is 2.08 bits per heavy atom. The number of nitrogens with zero attached hydrogens (tertiary/aromatic N) is 2. The highest BCUT2D eigenvalue weighted by Crippen LogP contribution is 2.26. The molecule has 0 aliphatic carbocycles. The molecule has 0 bridgehead atoms. The number of amides is 2. The Morgan fingerprint density at radius 1 is 1.31 bits per heavy atom. The Bertz CT molecular complexity index is 893. The van der Waals surface area contributed by atoms with Crippen molar-refractivity contribution < 1.29 is 9.90 Å². The number of hydrogen-bond acceptors (Lipinski definition) is 5. The Labute approximate surface area is 151 Å². The summed E-state index contributed by atoms with van der Waals surface area (Å²) in [5, 5.41) is 26.1. The average molecular weight is 354 g/mol. The summed E-state index contributed by atoms with van der Waals surface area (Å²) in [6.07, 6.45) is 0. The molecule has 0 saturated carbocycles. The lowest BCUT2D eigenvalue weighted by molar-refractivity contribution is 0.249. The van der Waals surface area contributed by atoms with Crippen LogP contribution in [0.25, 0.3) is 10.9 Å². The molecule has 3 aromatic rings. The smallest absolute Gasteiger partial charge is 0.320 e. The van der Waals surface area contributed by atoms with Crippen LogP contribution in [0.5, 0.6) is 0 Å². The van der Waals surface area contributed by atoms with Crippen molar-refractivity contribution in [2.45, 2.75) is 26.5 Å². The summed E-state index contributed by atoms with van der Waals surface area (Å²) in [4.78, 5) is 16.6. The van der Waals surface area contributed by atoms with Crippen molar-refractivity contribution in [2.75, 3.05) is 17.2 Å². The maximum atomic E-state index is 12.3. The van der Waals surface area contributed by atoms with Crippen molar-refractivity contribution in [1.82, 2.24) is 20.5 Å². The van der Waals surface area contributed by atoms with Gasteiger partial charge in [-0.15, -0.1) is 0 Å². The van der Waals surface area contributed by atoms with E-state index in [4.69, 9.17) is 0 Å². The van der Waals surface area contributed by atoms with Crippen LogP contribution in [0.2, 0.25) is 0 Å². The molecule has 2 amide bonds. The standard InChI is InChI=1S/C18H22N6O2/c1-3-19-17-16-13(23-24-17)9-15(21-14(16)10-25)22-18(26)20-11(2)12-7-5-4-6-8-12/h4-9,11,25H,3,10H2,1-2H3,(H2,19,23,24)(H2,20,21,22,26). The molecule has 8 nitrogen and oxygen atoms in total. The van der Waals surface area contributed by atoms with E-state index < -0.39 is 0 Å². The number of benzene rings is 1. The number of anilines is 2. The van der Waals surface area contributed by atoms with Gasteiger partial charge in [0.2, 0.25) is 0 Å². The van der Waals surface area contributed by atoms with Crippen molar-refractivity contribution in [3.05, 3.63) is 47.7 Å². The number of aliphatic hydroxyl groups is 1. The van der Waals surface area contributed by atoms with E-state index in [2.05, 4.69) is 31.1 Å². The summed E-state index contributed by atoms with van der Waals surface area (Å²) < 4.78 is 0. The summed E-state index contributed by atoms with van der Waals surface area (Å²) in [5.74, 6) is 0.971. The lowest BCUT2D eigenvalue weighted by atomic mass is 10.1. The second-order valence-corrected chi connectivity index (χ2v) is 5.87. The lowest BCUT2D eigenvalue weighted by Gasteiger charge is -2.15. The fourth-order valence-corrected chi connectivity index (χ4v) is 2.77. The summed E-state index contributed by atoms with van der Waals surface area (Å²) in [7, 11) is 0. The number of carbonyl (C=O) groups is 1. The molecule has 2 heterocycles. The van der Waals surface area contributed by atoms with Gasteiger partial charge in [0.15, 0.2) is 5.82 Å². The first kappa shape index (κ1) is 17.7. The molecule has 1 unspecified atom stereocenters. The van der Waals surface area contributed by atoms with Crippen LogP contribution in [0.15, 0.2) is 36.4 Å². The predicted molar refractivity (Wildman–Crippen MR) is 101 cm³/mol. The first-order valence-electron chi connectivity index (χ1n) is 8.47. The maximum absolute atomic E-state index is 12.3. The molecule has 0 aliphatic rings. The summed E-state index contributed by atoms with van der Waals surface area (Å²) >= 11 is 0. The van der Waals surface area contributed by atoms with Gasteiger partial charge < -0.3 is 15.7 Å². The third-order valence-electron chi connectivity index (χ3n) is 4.00. The van der Waals surface area contributed by atoms with Gasteiger partial charge in [0, 0.05) is 12.6 Å². The van der Waals surface area contributed by atoms with E-state index in [0.29, 0.717) is 29.4 Å². The van der Waals surface area contributed by atoms with Gasteiger partial charge >= 0.3 is 6.03 Å². The minimum absolute atomic E-state index is 0.148. The van der Waals surface area contributed by atoms with Crippen LogP contribution in [0.1, 0.15) is 31.1 Å². The van der Waals surface area contributed by atoms with Crippen LogP contribution in [0.3, 0.4) is 0 Å². The Kier molecular flexibility index (Phi) is 5.33. The zero-order valence-electron chi connectivity index (χ0n) is 14.7. The summed E-state index contributed by atoms with van der Waals surface area (Å²) in [5.41, 5.74) is 2.14. The van der Waals surface area contributed by atoms with E-state index in [-0.39, 0.29) is 18.7 Å². The minimum atomic E-state index is -0.372. The molecule has 26 heavy (non-hydrogen) atoms. The van der Waals surface area contributed by atoms with Gasteiger partial charge in [0.05, 0.1) is 29.2 Å². The van der Waals surface area contributed by atoms with Gasteiger partial charge in [-0.05, 0) is 19.4 Å². The number of hydrogen-bond donors (Lipinski definition) is 5. The van der Waals surface area contributed by atoms with E-state index in [1.165, 1.54) is 0 Å². The molecule has 1 atom stereocenters. The first-order valence-corrected chi connectivity index (χ1v) is 8.47. The van der Waals surface area contributed by atoms with E-state index in [1.54, 1.807) is 6.07 Å². The van der Waals surface area contributed by atoms with Gasteiger partial charge in [-0.2, -0.15) is 5.10 Å². The average Bonchev–Trinajstić information content (AvgIpc) is 3.05.